The second kappa shape index (κ2) is 5.98. The summed E-state index contributed by atoms with van der Waals surface area (Å²) in [5, 5.41) is 13.6. The van der Waals surface area contributed by atoms with E-state index < -0.39 is 16.4 Å². The standard InChI is InChI=1S/C16H21N3O4/c1-10(17-15(21)16(2,3)4)14(20)18-8-7-11-5-6-12(19(22)23)9-13(11)18/h5-6,9-10H,7-8H2,1-4H3,(H,17,21). The number of fused-ring (bicyclic) bond motifs is 1. The SMILES string of the molecule is CC(NC(=O)C(C)(C)C)C(=O)N1CCc2ccc([N+](=O)[O-])cc21. The Morgan fingerprint density at radius 1 is 1.35 bits per heavy atom. The summed E-state index contributed by atoms with van der Waals surface area (Å²) in [5.41, 5.74) is 0.824. The number of nitrogens with one attached hydrogen (secondary N) is 1. The molecule has 1 heterocycles. The topological polar surface area (TPSA) is 92.6 Å². The number of benzene rings is 1. The Balaban J connectivity index is 2.18. The number of hydrogen-bond donors (Lipinski definition) is 1. The maximum Gasteiger partial charge on any atom is 0.271 e. The van der Waals surface area contributed by atoms with Crippen LogP contribution in [-0.4, -0.2) is 29.3 Å². The molecule has 1 aliphatic heterocycles. The van der Waals surface area contributed by atoms with Gasteiger partial charge in [0.25, 0.3) is 5.69 Å². The fourth-order valence-corrected chi connectivity index (χ4v) is 2.42. The number of rotatable bonds is 3. The molecule has 2 rings (SSSR count). The molecule has 1 N–H and O–H groups in total. The van der Waals surface area contributed by atoms with Gasteiger partial charge >= 0.3 is 0 Å². The van der Waals surface area contributed by atoms with Crippen LogP contribution in [-0.2, 0) is 16.0 Å². The van der Waals surface area contributed by atoms with E-state index in [4.69, 9.17) is 0 Å². The van der Waals surface area contributed by atoms with Crippen LogP contribution in [0.25, 0.3) is 0 Å². The first-order chi connectivity index (χ1) is 10.6. The van der Waals surface area contributed by atoms with Gasteiger partial charge in [0.15, 0.2) is 0 Å². The van der Waals surface area contributed by atoms with Crippen LogP contribution in [0.2, 0.25) is 0 Å². The number of nitrogens with zero attached hydrogens (tertiary/aromatic N) is 2. The van der Waals surface area contributed by atoms with Gasteiger partial charge in [-0.05, 0) is 18.9 Å². The number of nitro benzene ring substituents is 1. The largest absolute Gasteiger partial charge is 0.344 e. The van der Waals surface area contributed by atoms with Crippen molar-refractivity contribution in [3.05, 3.63) is 33.9 Å². The third-order valence-electron chi connectivity index (χ3n) is 3.84. The molecule has 0 fully saturated rings. The van der Waals surface area contributed by atoms with Crippen LogP contribution in [0.5, 0.6) is 0 Å². The molecule has 0 aromatic heterocycles. The summed E-state index contributed by atoms with van der Waals surface area (Å²) in [7, 11) is 0. The van der Waals surface area contributed by atoms with Gasteiger partial charge in [0.2, 0.25) is 11.8 Å². The molecule has 1 aromatic carbocycles. The number of hydrogen-bond acceptors (Lipinski definition) is 4. The Hall–Kier alpha value is -2.44. The fraction of sp³-hybridized carbons (Fsp3) is 0.500. The van der Waals surface area contributed by atoms with E-state index in [1.165, 1.54) is 17.0 Å². The average molecular weight is 319 g/mol. The van der Waals surface area contributed by atoms with E-state index in [1.807, 2.05) is 0 Å². The lowest BCUT2D eigenvalue weighted by Crippen LogP contribution is -2.49. The van der Waals surface area contributed by atoms with Gasteiger partial charge in [0.1, 0.15) is 6.04 Å². The lowest BCUT2D eigenvalue weighted by molar-refractivity contribution is -0.384. The Kier molecular flexibility index (Phi) is 4.40. The minimum absolute atomic E-state index is 0.0465. The van der Waals surface area contributed by atoms with Gasteiger partial charge in [-0.25, -0.2) is 0 Å². The number of amides is 2. The predicted molar refractivity (Wildman–Crippen MR) is 86.2 cm³/mol. The molecular weight excluding hydrogens is 298 g/mol. The van der Waals surface area contributed by atoms with Crippen molar-refractivity contribution in [2.75, 3.05) is 11.4 Å². The highest BCUT2D eigenvalue weighted by Crippen LogP contribution is 2.32. The highest BCUT2D eigenvalue weighted by Gasteiger charge is 2.32. The monoisotopic (exact) mass is 319 g/mol. The number of nitro groups is 1. The lowest BCUT2D eigenvalue weighted by Gasteiger charge is -2.25. The molecule has 1 unspecified atom stereocenters. The first-order valence-corrected chi connectivity index (χ1v) is 7.51. The van der Waals surface area contributed by atoms with Crippen molar-refractivity contribution in [2.24, 2.45) is 5.41 Å². The van der Waals surface area contributed by atoms with Crippen LogP contribution in [0.4, 0.5) is 11.4 Å². The molecule has 1 aromatic rings. The minimum Gasteiger partial charge on any atom is -0.344 e. The summed E-state index contributed by atoms with van der Waals surface area (Å²) < 4.78 is 0. The first-order valence-electron chi connectivity index (χ1n) is 7.51. The molecule has 2 amide bonds. The summed E-state index contributed by atoms with van der Waals surface area (Å²) >= 11 is 0. The van der Waals surface area contributed by atoms with Crippen LogP contribution in [0.15, 0.2) is 18.2 Å². The van der Waals surface area contributed by atoms with Gasteiger partial charge in [-0.1, -0.05) is 26.8 Å². The smallest absolute Gasteiger partial charge is 0.271 e. The van der Waals surface area contributed by atoms with Crippen LogP contribution in [0, 0.1) is 15.5 Å². The zero-order chi connectivity index (χ0) is 17.4. The molecule has 124 valence electrons. The van der Waals surface area contributed by atoms with Gasteiger partial charge < -0.3 is 10.2 Å². The van der Waals surface area contributed by atoms with Gasteiger partial charge in [0.05, 0.1) is 10.6 Å². The fourth-order valence-electron chi connectivity index (χ4n) is 2.42. The number of anilines is 1. The summed E-state index contributed by atoms with van der Waals surface area (Å²) in [5.74, 6) is -0.473. The van der Waals surface area contributed by atoms with E-state index in [0.717, 1.165) is 5.56 Å². The van der Waals surface area contributed by atoms with Crippen molar-refractivity contribution >= 4 is 23.2 Å². The third-order valence-corrected chi connectivity index (χ3v) is 3.84. The van der Waals surface area contributed by atoms with Crippen LogP contribution >= 0.6 is 0 Å². The van der Waals surface area contributed by atoms with E-state index in [9.17, 15) is 19.7 Å². The second-order valence-corrected chi connectivity index (χ2v) is 6.76. The van der Waals surface area contributed by atoms with Crippen LogP contribution in [0.1, 0.15) is 33.3 Å². The minimum atomic E-state index is -0.688. The van der Waals surface area contributed by atoms with E-state index in [2.05, 4.69) is 5.32 Å². The molecule has 1 atom stereocenters. The highest BCUT2D eigenvalue weighted by molar-refractivity contribution is 6.01. The number of non-ortho nitro benzene ring substituents is 1. The number of carbonyl (C=O) groups is 2. The molecule has 7 nitrogen and oxygen atoms in total. The van der Waals surface area contributed by atoms with Crippen molar-refractivity contribution in [2.45, 2.75) is 40.2 Å². The maximum atomic E-state index is 12.6. The van der Waals surface area contributed by atoms with Gasteiger partial charge in [-0.3, -0.25) is 19.7 Å². The molecule has 0 saturated carbocycles. The van der Waals surface area contributed by atoms with Crippen molar-refractivity contribution in [3.8, 4) is 0 Å². The molecule has 23 heavy (non-hydrogen) atoms. The summed E-state index contributed by atoms with van der Waals surface area (Å²) in [6.07, 6.45) is 0.652. The summed E-state index contributed by atoms with van der Waals surface area (Å²) in [6.45, 7) is 7.41. The number of carbonyl (C=O) groups excluding carboxylic acids is 2. The van der Waals surface area contributed by atoms with Gasteiger partial charge in [-0.15, -0.1) is 0 Å². The lowest BCUT2D eigenvalue weighted by atomic mass is 9.95. The zero-order valence-corrected chi connectivity index (χ0v) is 13.8. The van der Waals surface area contributed by atoms with Gasteiger partial charge in [-0.2, -0.15) is 0 Å². The Bertz CT molecular complexity index is 664. The van der Waals surface area contributed by atoms with Crippen molar-refractivity contribution in [1.29, 1.82) is 0 Å². The zero-order valence-electron chi connectivity index (χ0n) is 13.8. The van der Waals surface area contributed by atoms with Crippen molar-refractivity contribution in [1.82, 2.24) is 5.32 Å². The predicted octanol–water partition coefficient (Wildman–Crippen LogP) is 2.03. The molecule has 0 saturated heterocycles. The van der Waals surface area contributed by atoms with E-state index in [1.54, 1.807) is 33.8 Å². The molecule has 0 aliphatic carbocycles. The maximum absolute atomic E-state index is 12.6. The Labute approximate surface area is 134 Å². The average Bonchev–Trinajstić information content (AvgIpc) is 2.87. The van der Waals surface area contributed by atoms with Crippen LogP contribution < -0.4 is 10.2 Å². The van der Waals surface area contributed by atoms with Crippen molar-refractivity contribution < 1.29 is 14.5 Å². The molecular formula is C16H21N3O4. The first kappa shape index (κ1) is 16.9. The van der Waals surface area contributed by atoms with Crippen molar-refractivity contribution in [3.63, 3.8) is 0 Å². The molecule has 0 spiro atoms. The summed E-state index contributed by atoms with van der Waals surface area (Å²) in [4.78, 5) is 36.5. The van der Waals surface area contributed by atoms with E-state index >= 15 is 0 Å². The molecule has 1 aliphatic rings. The van der Waals surface area contributed by atoms with E-state index in [-0.39, 0.29) is 17.5 Å². The quantitative estimate of drug-likeness (QED) is 0.681. The molecule has 0 radical (unpaired) electrons. The molecule has 7 heteroatoms. The second-order valence-electron chi connectivity index (χ2n) is 6.76. The van der Waals surface area contributed by atoms with Gasteiger partial charge in [0, 0.05) is 24.1 Å². The molecule has 0 bridgehead atoms. The Morgan fingerprint density at radius 3 is 2.57 bits per heavy atom. The third kappa shape index (κ3) is 3.49. The highest BCUT2D eigenvalue weighted by atomic mass is 16.6. The van der Waals surface area contributed by atoms with E-state index in [0.29, 0.717) is 18.7 Å². The normalized spacial score (nSPS) is 15.0. The van der Waals surface area contributed by atoms with Crippen LogP contribution in [0.3, 0.4) is 0 Å². The Morgan fingerprint density at radius 2 is 2.00 bits per heavy atom. The summed E-state index contributed by atoms with van der Waals surface area (Å²) in [6, 6.07) is 3.85.